The third-order valence-electron chi connectivity index (χ3n) is 3.50. The molecule has 0 unspecified atom stereocenters. The third kappa shape index (κ3) is 3.08. The minimum absolute atomic E-state index is 0.0201. The SMILES string of the molecule is CC1CCC(Nc2ncnc(NN)c2[N+](=O)[O-])CC1. The maximum Gasteiger partial charge on any atom is 0.354 e. The summed E-state index contributed by atoms with van der Waals surface area (Å²) in [5.41, 5.74) is 2.02. The molecule has 0 aromatic carbocycles. The lowest BCUT2D eigenvalue weighted by atomic mass is 9.87. The monoisotopic (exact) mass is 266 g/mol. The molecule has 1 aromatic heterocycles. The van der Waals surface area contributed by atoms with Crippen molar-refractivity contribution < 1.29 is 4.92 Å². The zero-order valence-electron chi connectivity index (χ0n) is 10.8. The summed E-state index contributed by atoms with van der Waals surface area (Å²) in [6.45, 7) is 2.22. The van der Waals surface area contributed by atoms with E-state index in [-0.39, 0.29) is 23.4 Å². The predicted molar refractivity (Wildman–Crippen MR) is 71.5 cm³/mol. The number of nitro groups is 1. The van der Waals surface area contributed by atoms with Crippen molar-refractivity contribution in [1.29, 1.82) is 0 Å². The number of nitrogens with one attached hydrogen (secondary N) is 2. The quantitative estimate of drug-likeness (QED) is 0.430. The Hall–Kier alpha value is -1.96. The topological polar surface area (TPSA) is 119 Å². The van der Waals surface area contributed by atoms with Crippen LogP contribution in [0, 0.1) is 16.0 Å². The van der Waals surface area contributed by atoms with Gasteiger partial charge in [0.1, 0.15) is 6.33 Å². The van der Waals surface area contributed by atoms with Crippen LogP contribution in [0.4, 0.5) is 17.3 Å². The van der Waals surface area contributed by atoms with Crippen LogP contribution in [0.15, 0.2) is 6.33 Å². The molecule has 8 heteroatoms. The Morgan fingerprint density at radius 3 is 2.53 bits per heavy atom. The highest BCUT2D eigenvalue weighted by molar-refractivity contribution is 5.69. The lowest BCUT2D eigenvalue weighted by Gasteiger charge is -2.27. The molecule has 1 saturated carbocycles. The fourth-order valence-electron chi connectivity index (χ4n) is 2.36. The molecule has 104 valence electrons. The van der Waals surface area contributed by atoms with Crippen LogP contribution in [0.25, 0.3) is 0 Å². The van der Waals surface area contributed by atoms with Gasteiger partial charge in [-0.3, -0.25) is 10.1 Å². The van der Waals surface area contributed by atoms with E-state index in [1.54, 1.807) is 0 Å². The summed E-state index contributed by atoms with van der Waals surface area (Å²) in [5, 5.41) is 14.2. The molecule has 0 radical (unpaired) electrons. The highest BCUT2D eigenvalue weighted by Crippen LogP contribution is 2.31. The van der Waals surface area contributed by atoms with E-state index in [1.807, 2.05) is 0 Å². The number of nitrogen functional groups attached to an aromatic ring is 1. The van der Waals surface area contributed by atoms with Gasteiger partial charge >= 0.3 is 5.69 Å². The smallest absolute Gasteiger partial charge is 0.354 e. The summed E-state index contributed by atoms with van der Waals surface area (Å²) >= 11 is 0. The lowest BCUT2D eigenvalue weighted by Crippen LogP contribution is -2.26. The second kappa shape index (κ2) is 5.79. The van der Waals surface area contributed by atoms with Crippen molar-refractivity contribution in [2.45, 2.75) is 38.6 Å². The summed E-state index contributed by atoms with van der Waals surface area (Å²) in [7, 11) is 0. The van der Waals surface area contributed by atoms with Crippen LogP contribution in [-0.2, 0) is 0 Å². The van der Waals surface area contributed by atoms with Crippen molar-refractivity contribution in [2.24, 2.45) is 11.8 Å². The van der Waals surface area contributed by atoms with Crippen molar-refractivity contribution in [2.75, 3.05) is 10.7 Å². The molecule has 1 fully saturated rings. The first-order valence-corrected chi connectivity index (χ1v) is 6.34. The minimum Gasteiger partial charge on any atom is -0.361 e. The van der Waals surface area contributed by atoms with Crippen molar-refractivity contribution in [3.63, 3.8) is 0 Å². The molecule has 2 rings (SSSR count). The molecule has 0 aliphatic heterocycles. The maximum atomic E-state index is 11.1. The first-order valence-electron chi connectivity index (χ1n) is 6.34. The Morgan fingerprint density at radius 2 is 1.95 bits per heavy atom. The van der Waals surface area contributed by atoms with E-state index >= 15 is 0 Å². The van der Waals surface area contributed by atoms with E-state index in [1.165, 1.54) is 6.33 Å². The number of anilines is 2. The van der Waals surface area contributed by atoms with Gasteiger partial charge in [0.25, 0.3) is 0 Å². The number of nitrogens with two attached hydrogens (primary N) is 1. The number of hydrazine groups is 1. The highest BCUT2D eigenvalue weighted by Gasteiger charge is 2.26. The number of rotatable bonds is 4. The van der Waals surface area contributed by atoms with Crippen molar-refractivity contribution in [3.8, 4) is 0 Å². The van der Waals surface area contributed by atoms with Gasteiger partial charge in [-0.05, 0) is 31.6 Å². The van der Waals surface area contributed by atoms with Gasteiger partial charge in [0.2, 0.25) is 11.6 Å². The van der Waals surface area contributed by atoms with E-state index in [4.69, 9.17) is 5.84 Å². The Bertz CT molecular complexity index is 458. The van der Waals surface area contributed by atoms with Crippen LogP contribution in [-0.4, -0.2) is 20.9 Å². The van der Waals surface area contributed by atoms with Gasteiger partial charge in [-0.2, -0.15) is 0 Å². The van der Waals surface area contributed by atoms with Gasteiger partial charge in [0.05, 0.1) is 4.92 Å². The molecule has 0 amide bonds. The molecule has 1 aliphatic carbocycles. The van der Waals surface area contributed by atoms with Gasteiger partial charge in [-0.25, -0.2) is 15.8 Å². The number of hydrogen-bond donors (Lipinski definition) is 3. The molecule has 1 heterocycles. The van der Waals surface area contributed by atoms with Gasteiger partial charge in [-0.15, -0.1) is 0 Å². The second-order valence-electron chi connectivity index (χ2n) is 4.92. The van der Waals surface area contributed by atoms with Crippen LogP contribution in [0.5, 0.6) is 0 Å². The molecule has 0 saturated heterocycles. The highest BCUT2D eigenvalue weighted by atomic mass is 16.6. The zero-order chi connectivity index (χ0) is 13.8. The molecular formula is C11H18N6O2. The Labute approximate surface area is 110 Å². The average molecular weight is 266 g/mol. The third-order valence-corrected chi connectivity index (χ3v) is 3.50. The van der Waals surface area contributed by atoms with Crippen LogP contribution < -0.4 is 16.6 Å². The Kier molecular flexibility index (Phi) is 4.10. The average Bonchev–Trinajstić information content (AvgIpc) is 2.40. The van der Waals surface area contributed by atoms with E-state index < -0.39 is 4.92 Å². The van der Waals surface area contributed by atoms with Crippen molar-refractivity contribution in [3.05, 3.63) is 16.4 Å². The normalized spacial score (nSPS) is 22.8. The summed E-state index contributed by atoms with van der Waals surface area (Å²) in [6, 6.07) is 0.218. The fraction of sp³-hybridized carbons (Fsp3) is 0.636. The standard InChI is InChI=1S/C11H18N6O2/c1-7-2-4-8(5-3-7)15-10-9(17(18)19)11(16-12)14-6-13-10/h6-8H,2-5,12H2,1H3,(H2,13,14,15,16). The fourth-order valence-corrected chi connectivity index (χ4v) is 2.36. The molecule has 19 heavy (non-hydrogen) atoms. The predicted octanol–water partition coefficient (Wildman–Crippen LogP) is 1.66. The van der Waals surface area contributed by atoms with Crippen molar-refractivity contribution >= 4 is 17.3 Å². The van der Waals surface area contributed by atoms with Crippen LogP contribution in [0.3, 0.4) is 0 Å². The molecule has 4 N–H and O–H groups in total. The van der Waals surface area contributed by atoms with Crippen LogP contribution in [0.1, 0.15) is 32.6 Å². The summed E-state index contributed by atoms with van der Waals surface area (Å²) in [4.78, 5) is 18.3. The van der Waals surface area contributed by atoms with Gasteiger partial charge in [0, 0.05) is 6.04 Å². The number of nitrogens with zero attached hydrogens (tertiary/aromatic N) is 3. The van der Waals surface area contributed by atoms with E-state index in [0.717, 1.165) is 31.6 Å². The van der Waals surface area contributed by atoms with E-state index in [2.05, 4.69) is 27.6 Å². The molecule has 1 aromatic rings. The van der Waals surface area contributed by atoms with Crippen LogP contribution in [0.2, 0.25) is 0 Å². The zero-order valence-corrected chi connectivity index (χ0v) is 10.8. The van der Waals surface area contributed by atoms with Crippen LogP contribution >= 0.6 is 0 Å². The van der Waals surface area contributed by atoms with Gasteiger partial charge < -0.3 is 10.7 Å². The molecule has 8 nitrogen and oxygen atoms in total. The molecule has 0 atom stereocenters. The van der Waals surface area contributed by atoms with Gasteiger partial charge in [0.15, 0.2) is 0 Å². The lowest BCUT2D eigenvalue weighted by molar-refractivity contribution is -0.383. The van der Waals surface area contributed by atoms with Crippen molar-refractivity contribution in [1.82, 2.24) is 9.97 Å². The number of aromatic nitrogens is 2. The Morgan fingerprint density at radius 1 is 1.32 bits per heavy atom. The second-order valence-corrected chi connectivity index (χ2v) is 4.92. The molecule has 0 spiro atoms. The first-order chi connectivity index (χ1) is 9.11. The maximum absolute atomic E-state index is 11.1. The van der Waals surface area contributed by atoms with E-state index in [9.17, 15) is 10.1 Å². The Balaban J connectivity index is 2.17. The largest absolute Gasteiger partial charge is 0.361 e. The molecule has 0 bridgehead atoms. The van der Waals surface area contributed by atoms with Gasteiger partial charge in [-0.1, -0.05) is 6.92 Å². The first kappa shape index (κ1) is 13.5. The number of hydrogen-bond acceptors (Lipinski definition) is 7. The summed E-state index contributed by atoms with van der Waals surface area (Å²) in [5.74, 6) is 6.21. The summed E-state index contributed by atoms with van der Waals surface area (Å²) in [6.07, 6.45) is 5.49. The summed E-state index contributed by atoms with van der Waals surface area (Å²) < 4.78 is 0. The molecular weight excluding hydrogens is 248 g/mol. The molecule has 1 aliphatic rings. The van der Waals surface area contributed by atoms with E-state index in [0.29, 0.717) is 0 Å². The minimum atomic E-state index is -0.525.